The number of benzene rings is 3. The minimum Gasteiger partial charge on any atom is -0.483 e. The average molecular weight is 592 g/mol. The second-order valence-corrected chi connectivity index (χ2v) is 11.6. The number of rotatable bonds is 10. The highest BCUT2D eigenvalue weighted by Gasteiger charge is 2.32. The van der Waals surface area contributed by atoms with Gasteiger partial charge in [0.05, 0.1) is 0 Å². The number of hydrogen-bond donors (Lipinski definition) is 1. The fourth-order valence-electron chi connectivity index (χ4n) is 5.30. The maximum atomic E-state index is 13.9. The maximum Gasteiger partial charge on any atom is 0.261 e. The monoisotopic (exact) mass is 590 g/mol. The normalized spacial score (nSPS) is 14.5. The van der Waals surface area contributed by atoms with Crippen molar-refractivity contribution in [1.82, 2.24) is 10.2 Å². The van der Waals surface area contributed by atoms with Crippen molar-refractivity contribution in [2.24, 2.45) is 0 Å². The Kier molecular flexibility index (Phi) is 10.2. The molecule has 2 amide bonds. The van der Waals surface area contributed by atoms with Crippen molar-refractivity contribution in [2.45, 2.75) is 77.9 Å². The van der Waals surface area contributed by atoms with Gasteiger partial charge in [-0.05, 0) is 79.6 Å². The van der Waals surface area contributed by atoms with Gasteiger partial charge >= 0.3 is 0 Å². The molecule has 6 heteroatoms. The molecular weight excluding hydrogens is 552 g/mol. The lowest BCUT2D eigenvalue weighted by Gasteiger charge is -2.33. The molecule has 0 radical (unpaired) electrons. The molecule has 1 N–H and O–H groups in total. The first-order valence-electron chi connectivity index (χ1n) is 13.9. The topological polar surface area (TPSA) is 58.6 Å². The lowest BCUT2D eigenvalue weighted by Crippen LogP contribution is -2.53. The Morgan fingerprint density at radius 2 is 1.67 bits per heavy atom. The zero-order chi connectivity index (χ0) is 27.8. The van der Waals surface area contributed by atoms with E-state index in [4.69, 9.17) is 4.74 Å². The molecule has 1 aliphatic rings. The summed E-state index contributed by atoms with van der Waals surface area (Å²) in [5.41, 5.74) is 5.18. The molecule has 0 aromatic heterocycles. The van der Waals surface area contributed by atoms with Crippen molar-refractivity contribution in [3.05, 3.63) is 99.0 Å². The maximum absolute atomic E-state index is 13.9. The van der Waals surface area contributed by atoms with Crippen LogP contribution in [0.5, 0.6) is 5.75 Å². The zero-order valence-corrected chi connectivity index (χ0v) is 24.8. The van der Waals surface area contributed by atoms with Crippen LogP contribution in [0.4, 0.5) is 0 Å². The Balaban J connectivity index is 1.63. The lowest BCUT2D eigenvalue weighted by atomic mass is 9.94. The van der Waals surface area contributed by atoms with Crippen molar-refractivity contribution in [2.75, 3.05) is 6.61 Å². The number of halogens is 1. The van der Waals surface area contributed by atoms with Gasteiger partial charge < -0.3 is 15.0 Å². The van der Waals surface area contributed by atoms with E-state index in [1.165, 1.54) is 6.42 Å². The van der Waals surface area contributed by atoms with Crippen LogP contribution in [0.25, 0.3) is 0 Å². The Morgan fingerprint density at radius 1 is 0.949 bits per heavy atom. The third-order valence-corrected chi connectivity index (χ3v) is 8.07. The van der Waals surface area contributed by atoms with Crippen molar-refractivity contribution >= 4 is 27.7 Å². The van der Waals surface area contributed by atoms with Crippen LogP contribution in [0, 0.1) is 20.8 Å². The molecular formula is C33H39BrN2O3. The summed E-state index contributed by atoms with van der Waals surface area (Å²) in [5.74, 6) is 0.388. The van der Waals surface area contributed by atoms with Gasteiger partial charge in [0.2, 0.25) is 5.91 Å². The van der Waals surface area contributed by atoms with Gasteiger partial charge in [0.25, 0.3) is 5.91 Å². The molecule has 0 heterocycles. The predicted octanol–water partition coefficient (Wildman–Crippen LogP) is 6.84. The standard InChI is InChI=1S/C33H39BrN2O3/c1-23-17-24(2)25(3)31(18-23)39-22-32(37)36(21-27-13-10-14-28(34)19-27)30(20-26-11-6-4-7-12-26)33(38)35-29-15-8-5-9-16-29/h4,6-7,10-14,17-19,29-30H,5,8-9,15-16,20-22H2,1-3H3,(H,35,38)/t30-/m1/s1. The highest BCUT2D eigenvalue weighted by atomic mass is 79.9. The van der Waals surface area contributed by atoms with Crippen molar-refractivity contribution in [1.29, 1.82) is 0 Å². The number of nitrogens with one attached hydrogen (secondary N) is 1. The molecule has 4 rings (SSSR count). The van der Waals surface area contributed by atoms with Gasteiger partial charge in [-0.1, -0.05) is 83.7 Å². The van der Waals surface area contributed by atoms with E-state index in [0.29, 0.717) is 18.7 Å². The Morgan fingerprint density at radius 3 is 2.38 bits per heavy atom. The first-order chi connectivity index (χ1) is 18.8. The zero-order valence-electron chi connectivity index (χ0n) is 23.2. The van der Waals surface area contributed by atoms with E-state index in [1.54, 1.807) is 4.90 Å². The quantitative estimate of drug-likeness (QED) is 0.281. The molecule has 206 valence electrons. The molecule has 3 aromatic rings. The van der Waals surface area contributed by atoms with Crippen molar-refractivity contribution in [3.8, 4) is 5.75 Å². The fourth-order valence-corrected chi connectivity index (χ4v) is 5.75. The summed E-state index contributed by atoms with van der Waals surface area (Å²) >= 11 is 3.55. The van der Waals surface area contributed by atoms with Gasteiger partial charge in [-0.2, -0.15) is 0 Å². The SMILES string of the molecule is Cc1cc(C)c(C)c(OCC(=O)N(Cc2cccc(Br)c2)[C@H](Cc2ccccc2)C(=O)NC2CCCCC2)c1. The van der Waals surface area contributed by atoms with Crippen molar-refractivity contribution < 1.29 is 14.3 Å². The number of aryl methyl sites for hydroxylation is 2. The van der Waals surface area contributed by atoms with E-state index in [1.807, 2.05) is 81.4 Å². The van der Waals surface area contributed by atoms with Gasteiger partial charge in [0.1, 0.15) is 11.8 Å². The predicted molar refractivity (Wildman–Crippen MR) is 160 cm³/mol. The average Bonchev–Trinajstić information content (AvgIpc) is 2.92. The summed E-state index contributed by atoms with van der Waals surface area (Å²) < 4.78 is 7.03. The number of hydrogen-bond acceptors (Lipinski definition) is 3. The van der Waals surface area contributed by atoms with Crippen molar-refractivity contribution in [3.63, 3.8) is 0 Å². The summed E-state index contributed by atoms with van der Waals surface area (Å²) in [6.07, 6.45) is 5.86. The van der Waals surface area contributed by atoms with E-state index in [-0.39, 0.29) is 24.5 Å². The second kappa shape index (κ2) is 13.8. The first-order valence-corrected chi connectivity index (χ1v) is 14.7. The van der Waals surface area contributed by atoms with Gasteiger partial charge in [0.15, 0.2) is 6.61 Å². The van der Waals surface area contributed by atoms with Gasteiger partial charge in [-0.15, -0.1) is 0 Å². The van der Waals surface area contributed by atoms with Crippen LogP contribution >= 0.6 is 15.9 Å². The summed E-state index contributed by atoms with van der Waals surface area (Å²) in [6, 6.07) is 21.4. The number of nitrogens with zero attached hydrogens (tertiary/aromatic N) is 1. The Labute approximate surface area is 241 Å². The molecule has 3 aromatic carbocycles. The number of carbonyl (C=O) groups is 2. The molecule has 1 atom stereocenters. The van der Waals surface area contributed by atoms with E-state index in [0.717, 1.165) is 58.0 Å². The van der Waals surface area contributed by atoms with E-state index in [2.05, 4.69) is 27.3 Å². The minimum absolute atomic E-state index is 0.100. The molecule has 1 saturated carbocycles. The second-order valence-electron chi connectivity index (χ2n) is 10.7. The number of carbonyl (C=O) groups excluding carboxylic acids is 2. The third-order valence-electron chi connectivity index (χ3n) is 7.58. The Bertz CT molecular complexity index is 1270. The van der Waals surface area contributed by atoms with Crippen LogP contribution in [0.2, 0.25) is 0 Å². The molecule has 0 bridgehead atoms. The Hall–Kier alpha value is -3.12. The molecule has 0 aliphatic heterocycles. The molecule has 0 unspecified atom stereocenters. The molecule has 1 fully saturated rings. The lowest BCUT2D eigenvalue weighted by molar-refractivity contribution is -0.143. The summed E-state index contributed by atoms with van der Waals surface area (Å²) in [5, 5.41) is 3.29. The summed E-state index contributed by atoms with van der Waals surface area (Å²) in [7, 11) is 0. The molecule has 0 spiro atoms. The van der Waals surface area contributed by atoms with Crippen LogP contribution in [-0.2, 0) is 22.6 Å². The molecule has 39 heavy (non-hydrogen) atoms. The molecule has 1 aliphatic carbocycles. The van der Waals surface area contributed by atoms with Gasteiger partial charge in [-0.3, -0.25) is 9.59 Å². The van der Waals surface area contributed by atoms with E-state index in [9.17, 15) is 9.59 Å². The largest absolute Gasteiger partial charge is 0.483 e. The third kappa shape index (κ3) is 8.18. The van der Waals surface area contributed by atoms with Crippen LogP contribution in [0.15, 0.2) is 71.2 Å². The van der Waals surface area contributed by atoms with Crippen LogP contribution in [0.3, 0.4) is 0 Å². The summed E-state index contributed by atoms with van der Waals surface area (Å²) in [6.45, 7) is 6.24. The molecule has 0 saturated heterocycles. The highest BCUT2D eigenvalue weighted by Crippen LogP contribution is 2.24. The summed E-state index contributed by atoms with van der Waals surface area (Å²) in [4.78, 5) is 29.5. The minimum atomic E-state index is -0.662. The van der Waals surface area contributed by atoms with Crippen LogP contribution in [0.1, 0.15) is 59.9 Å². The van der Waals surface area contributed by atoms with E-state index < -0.39 is 6.04 Å². The number of ether oxygens (including phenoxy) is 1. The van der Waals surface area contributed by atoms with Gasteiger partial charge in [-0.25, -0.2) is 0 Å². The smallest absolute Gasteiger partial charge is 0.261 e. The highest BCUT2D eigenvalue weighted by molar-refractivity contribution is 9.10. The molecule has 5 nitrogen and oxygen atoms in total. The van der Waals surface area contributed by atoms with Crippen LogP contribution in [-0.4, -0.2) is 35.4 Å². The fraction of sp³-hybridized carbons (Fsp3) is 0.394. The van der Waals surface area contributed by atoms with Crippen LogP contribution < -0.4 is 10.1 Å². The number of amides is 2. The first kappa shape index (κ1) is 28.9. The van der Waals surface area contributed by atoms with E-state index >= 15 is 0 Å². The van der Waals surface area contributed by atoms with Gasteiger partial charge in [0, 0.05) is 23.5 Å².